The smallest absolute Gasteiger partial charge is 0.0544 e. The molecule has 0 bridgehead atoms. The lowest BCUT2D eigenvalue weighted by Gasteiger charge is -2.27. The number of rotatable bonds is 9. The molecule has 0 fully saturated rings. The quantitative estimate of drug-likeness (QED) is 0.682. The Morgan fingerprint density at radius 1 is 1.33 bits per heavy atom. The van der Waals surface area contributed by atoms with Crippen molar-refractivity contribution in [2.24, 2.45) is 0 Å². The van der Waals surface area contributed by atoms with Crippen LogP contribution in [-0.2, 0) is 6.54 Å². The van der Waals surface area contributed by atoms with Crippen LogP contribution < -0.4 is 5.32 Å². The minimum atomic E-state index is 0.550. The van der Waals surface area contributed by atoms with Crippen molar-refractivity contribution in [3.63, 3.8) is 0 Å². The monoisotopic (exact) mass is 249 g/mol. The van der Waals surface area contributed by atoms with Gasteiger partial charge in [0, 0.05) is 25.3 Å². The Labute approximate surface area is 112 Å². The van der Waals surface area contributed by atoms with Gasteiger partial charge >= 0.3 is 0 Å². The number of hydrogen-bond acceptors (Lipinski definition) is 3. The molecule has 1 atom stereocenters. The predicted molar refractivity (Wildman–Crippen MR) is 77.6 cm³/mol. The van der Waals surface area contributed by atoms with Gasteiger partial charge in [-0.3, -0.25) is 9.88 Å². The maximum Gasteiger partial charge on any atom is 0.0544 e. The zero-order valence-corrected chi connectivity index (χ0v) is 12.0. The van der Waals surface area contributed by atoms with E-state index in [1.807, 2.05) is 12.3 Å². The van der Waals surface area contributed by atoms with Gasteiger partial charge in [-0.05, 0) is 38.6 Å². The molecule has 1 aromatic rings. The standard InChI is InChI=1S/C15H27N3/c1-4-6-10-16-12-14(3)18(5-2)13-15-9-7-8-11-17-15/h7-9,11,14,16H,4-6,10,12-13H2,1-3H3. The van der Waals surface area contributed by atoms with Crippen LogP contribution in [0.1, 0.15) is 39.3 Å². The van der Waals surface area contributed by atoms with E-state index >= 15 is 0 Å². The predicted octanol–water partition coefficient (Wildman–Crippen LogP) is 2.68. The molecule has 0 amide bonds. The summed E-state index contributed by atoms with van der Waals surface area (Å²) in [7, 11) is 0. The molecular formula is C15H27N3. The van der Waals surface area contributed by atoms with Crippen molar-refractivity contribution in [2.45, 2.75) is 46.2 Å². The fourth-order valence-electron chi connectivity index (χ4n) is 2.02. The highest BCUT2D eigenvalue weighted by Crippen LogP contribution is 2.05. The number of nitrogens with one attached hydrogen (secondary N) is 1. The van der Waals surface area contributed by atoms with Crippen LogP contribution in [0.3, 0.4) is 0 Å². The van der Waals surface area contributed by atoms with Crippen LogP contribution in [-0.4, -0.2) is 35.6 Å². The normalized spacial score (nSPS) is 12.9. The fraction of sp³-hybridized carbons (Fsp3) is 0.667. The first-order chi connectivity index (χ1) is 8.77. The number of likely N-dealkylation sites (N-methyl/N-ethyl adjacent to an activating group) is 1. The van der Waals surface area contributed by atoms with Crippen LogP contribution in [0.15, 0.2) is 24.4 Å². The Balaban J connectivity index is 2.35. The van der Waals surface area contributed by atoms with Gasteiger partial charge in [0.1, 0.15) is 0 Å². The second kappa shape index (κ2) is 9.06. The van der Waals surface area contributed by atoms with Crippen molar-refractivity contribution in [3.05, 3.63) is 30.1 Å². The summed E-state index contributed by atoms with van der Waals surface area (Å²) >= 11 is 0. The van der Waals surface area contributed by atoms with Gasteiger partial charge in [-0.1, -0.05) is 26.3 Å². The molecule has 0 aliphatic heterocycles. The number of unbranched alkanes of at least 4 members (excludes halogenated alkanes) is 1. The molecule has 1 aromatic heterocycles. The summed E-state index contributed by atoms with van der Waals surface area (Å²) in [5.74, 6) is 0. The lowest BCUT2D eigenvalue weighted by atomic mass is 10.2. The van der Waals surface area contributed by atoms with E-state index in [9.17, 15) is 0 Å². The van der Waals surface area contributed by atoms with E-state index in [4.69, 9.17) is 0 Å². The van der Waals surface area contributed by atoms with Crippen molar-refractivity contribution in [2.75, 3.05) is 19.6 Å². The van der Waals surface area contributed by atoms with Crippen LogP contribution in [0.2, 0.25) is 0 Å². The molecule has 1 N–H and O–H groups in total. The van der Waals surface area contributed by atoms with E-state index in [1.54, 1.807) is 0 Å². The summed E-state index contributed by atoms with van der Waals surface area (Å²) < 4.78 is 0. The summed E-state index contributed by atoms with van der Waals surface area (Å²) in [6.07, 6.45) is 4.39. The summed E-state index contributed by atoms with van der Waals surface area (Å²) in [4.78, 5) is 6.86. The fourth-order valence-corrected chi connectivity index (χ4v) is 2.02. The highest BCUT2D eigenvalue weighted by molar-refractivity contribution is 5.03. The van der Waals surface area contributed by atoms with Crippen molar-refractivity contribution >= 4 is 0 Å². The summed E-state index contributed by atoms with van der Waals surface area (Å²) in [5.41, 5.74) is 1.15. The number of nitrogens with zero attached hydrogens (tertiary/aromatic N) is 2. The topological polar surface area (TPSA) is 28.2 Å². The zero-order valence-electron chi connectivity index (χ0n) is 12.0. The van der Waals surface area contributed by atoms with Gasteiger partial charge in [-0.2, -0.15) is 0 Å². The molecular weight excluding hydrogens is 222 g/mol. The lowest BCUT2D eigenvalue weighted by Crippen LogP contribution is -2.40. The zero-order chi connectivity index (χ0) is 13.2. The molecule has 0 aromatic carbocycles. The van der Waals surface area contributed by atoms with Gasteiger partial charge < -0.3 is 5.32 Å². The van der Waals surface area contributed by atoms with Gasteiger partial charge in [0.2, 0.25) is 0 Å². The van der Waals surface area contributed by atoms with Gasteiger partial charge in [0.15, 0.2) is 0 Å². The van der Waals surface area contributed by atoms with E-state index in [0.717, 1.165) is 31.9 Å². The van der Waals surface area contributed by atoms with E-state index in [2.05, 4.69) is 48.1 Å². The Morgan fingerprint density at radius 3 is 2.78 bits per heavy atom. The third kappa shape index (κ3) is 5.61. The van der Waals surface area contributed by atoms with Gasteiger partial charge in [0.05, 0.1) is 5.69 Å². The minimum Gasteiger partial charge on any atom is -0.315 e. The van der Waals surface area contributed by atoms with Crippen LogP contribution in [0.5, 0.6) is 0 Å². The minimum absolute atomic E-state index is 0.550. The number of hydrogen-bond donors (Lipinski definition) is 1. The van der Waals surface area contributed by atoms with Crippen LogP contribution in [0.25, 0.3) is 0 Å². The molecule has 1 unspecified atom stereocenters. The second-order valence-electron chi connectivity index (χ2n) is 4.79. The van der Waals surface area contributed by atoms with E-state index in [0.29, 0.717) is 6.04 Å². The first kappa shape index (κ1) is 15.1. The van der Waals surface area contributed by atoms with Crippen molar-refractivity contribution in [3.8, 4) is 0 Å². The summed E-state index contributed by atoms with van der Waals surface area (Å²) in [5, 5.41) is 3.52. The summed E-state index contributed by atoms with van der Waals surface area (Å²) in [6, 6.07) is 6.67. The molecule has 0 saturated heterocycles. The first-order valence-corrected chi connectivity index (χ1v) is 7.12. The number of pyridine rings is 1. The van der Waals surface area contributed by atoms with Crippen LogP contribution in [0, 0.1) is 0 Å². The van der Waals surface area contributed by atoms with E-state index in [-0.39, 0.29) is 0 Å². The molecule has 0 aliphatic carbocycles. The molecule has 102 valence electrons. The third-order valence-corrected chi connectivity index (χ3v) is 3.27. The Hall–Kier alpha value is -0.930. The van der Waals surface area contributed by atoms with Crippen molar-refractivity contribution in [1.29, 1.82) is 0 Å². The second-order valence-corrected chi connectivity index (χ2v) is 4.79. The van der Waals surface area contributed by atoms with Gasteiger partial charge in [0.25, 0.3) is 0 Å². The molecule has 1 rings (SSSR count). The Morgan fingerprint density at radius 2 is 2.17 bits per heavy atom. The average Bonchev–Trinajstić information content (AvgIpc) is 2.42. The molecule has 0 spiro atoms. The highest BCUT2D eigenvalue weighted by Gasteiger charge is 2.12. The van der Waals surface area contributed by atoms with Crippen molar-refractivity contribution in [1.82, 2.24) is 15.2 Å². The maximum atomic E-state index is 4.40. The Kier molecular flexibility index (Phi) is 7.62. The maximum absolute atomic E-state index is 4.40. The molecule has 0 radical (unpaired) electrons. The number of aromatic nitrogens is 1. The SMILES string of the molecule is CCCCNCC(C)N(CC)Cc1ccccn1. The largest absolute Gasteiger partial charge is 0.315 e. The molecule has 3 heteroatoms. The van der Waals surface area contributed by atoms with Gasteiger partial charge in [-0.25, -0.2) is 0 Å². The van der Waals surface area contributed by atoms with Crippen LogP contribution in [0.4, 0.5) is 0 Å². The van der Waals surface area contributed by atoms with Crippen molar-refractivity contribution < 1.29 is 0 Å². The average molecular weight is 249 g/mol. The van der Waals surface area contributed by atoms with E-state index in [1.165, 1.54) is 12.8 Å². The molecule has 1 heterocycles. The lowest BCUT2D eigenvalue weighted by molar-refractivity contribution is 0.204. The van der Waals surface area contributed by atoms with Crippen LogP contribution >= 0.6 is 0 Å². The molecule has 0 saturated carbocycles. The van der Waals surface area contributed by atoms with E-state index < -0.39 is 0 Å². The molecule has 18 heavy (non-hydrogen) atoms. The third-order valence-electron chi connectivity index (χ3n) is 3.27. The Bertz CT molecular complexity index is 300. The molecule has 3 nitrogen and oxygen atoms in total. The van der Waals surface area contributed by atoms with Gasteiger partial charge in [-0.15, -0.1) is 0 Å². The highest BCUT2D eigenvalue weighted by atomic mass is 15.2. The first-order valence-electron chi connectivity index (χ1n) is 7.12. The summed E-state index contributed by atoms with van der Waals surface area (Å²) in [6.45, 7) is 10.9. The molecule has 0 aliphatic rings.